The monoisotopic (exact) mass is 174 g/mol. The molecule has 0 heterocycles. The highest BCUT2D eigenvalue weighted by molar-refractivity contribution is 6.50. The Balaban J connectivity index is -0.0000000933. The van der Waals surface area contributed by atoms with Crippen molar-refractivity contribution < 1.29 is 23.0 Å². The minimum atomic E-state index is -6.00. The number of nitrogens with zero attached hydrogens (tertiary/aromatic N) is 1. The molecule has 3 N–H and O–H groups in total. The van der Waals surface area contributed by atoms with Crippen molar-refractivity contribution in [1.82, 2.24) is 0 Å². The highest BCUT2D eigenvalue weighted by Gasteiger charge is 2.20. The molecule has 0 aromatic carbocycles. The van der Waals surface area contributed by atoms with Crippen LogP contribution in [0.1, 0.15) is 13.8 Å². The van der Waals surface area contributed by atoms with E-state index in [2.05, 4.69) is 5.73 Å². The zero-order valence-electron chi connectivity index (χ0n) is 6.45. The van der Waals surface area contributed by atoms with E-state index in [-0.39, 0.29) is 0 Å². The number of hydrogen-bond acceptors (Lipinski definition) is 1. The summed E-state index contributed by atoms with van der Waals surface area (Å²) in [5.74, 6) is 0. The zero-order chi connectivity index (χ0) is 9.91. The molecule has 0 spiro atoms. The van der Waals surface area contributed by atoms with Crippen LogP contribution in [0, 0.1) is 11.3 Å². The molecule has 0 unspecified atom stereocenters. The summed E-state index contributed by atoms with van der Waals surface area (Å²) in [6.45, 7) is 4.44. The zero-order valence-corrected chi connectivity index (χ0v) is 6.45. The molecule has 0 aliphatic heterocycles. The van der Waals surface area contributed by atoms with Crippen molar-refractivity contribution in [2.45, 2.75) is 13.8 Å². The van der Waals surface area contributed by atoms with E-state index in [0.29, 0.717) is 0 Å². The van der Waals surface area contributed by atoms with Crippen molar-refractivity contribution in [3.8, 4) is 6.07 Å². The van der Waals surface area contributed by atoms with Crippen LogP contribution in [0.15, 0.2) is 0 Å². The van der Waals surface area contributed by atoms with Gasteiger partial charge in [-0.2, -0.15) is 5.26 Å². The fraction of sp³-hybridized carbons (Fsp3) is 0.750. The maximum Gasteiger partial charge on any atom is 0.673 e. The quantitative estimate of drug-likeness (QED) is 0.433. The maximum absolute atomic E-state index is 9.75. The van der Waals surface area contributed by atoms with Gasteiger partial charge in [0.1, 0.15) is 0 Å². The smallest absolute Gasteiger partial charge is 0.418 e. The minimum absolute atomic E-state index is 1.00. The van der Waals surface area contributed by atoms with Crippen LogP contribution in [0.5, 0.6) is 0 Å². The molecule has 0 aliphatic carbocycles. The van der Waals surface area contributed by atoms with Gasteiger partial charge in [0.05, 0.1) is 12.6 Å². The molecule has 0 aromatic rings. The van der Waals surface area contributed by atoms with Crippen LogP contribution in [0.25, 0.3) is 0 Å². The van der Waals surface area contributed by atoms with Gasteiger partial charge in [-0.15, -0.1) is 0 Å². The molecule has 0 aliphatic rings. The van der Waals surface area contributed by atoms with E-state index in [4.69, 9.17) is 5.26 Å². The first-order valence-corrected chi connectivity index (χ1v) is 2.80. The first-order chi connectivity index (χ1) is 4.83. The third-order valence-electron chi connectivity index (χ3n) is 0. The normalized spacial score (nSPS) is 7.82. The van der Waals surface area contributed by atoms with Crippen molar-refractivity contribution >= 4 is 7.25 Å². The molecule has 0 amide bonds. The lowest BCUT2D eigenvalue weighted by atomic mass is 10.3. The van der Waals surface area contributed by atoms with Crippen molar-refractivity contribution in [1.29, 1.82) is 5.26 Å². The van der Waals surface area contributed by atoms with Gasteiger partial charge in [0.2, 0.25) is 0 Å². The van der Waals surface area contributed by atoms with Gasteiger partial charge < -0.3 is 23.0 Å². The summed E-state index contributed by atoms with van der Waals surface area (Å²) in [6, 6.07) is 1.75. The maximum atomic E-state index is 9.75. The van der Waals surface area contributed by atoms with Gasteiger partial charge in [0.15, 0.2) is 0 Å². The van der Waals surface area contributed by atoms with Crippen molar-refractivity contribution in [2.75, 3.05) is 6.54 Å². The third kappa shape index (κ3) is 826. The topological polar surface area (TPSA) is 51.4 Å². The number of nitriles is 1. The van der Waals surface area contributed by atoms with Gasteiger partial charge in [-0.3, -0.25) is 0 Å². The lowest BCUT2D eigenvalue weighted by Crippen LogP contribution is -2.48. The molecule has 68 valence electrons. The van der Waals surface area contributed by atoms with Gasteiger partial charge in [0, 0.05) is 6.92 Å². The van der Waals surface area contributed by atoms with Gasteiger partial charge in [-0.25, -0.2) is 0 Å². The molecule has 11 heavy (non-hydrogen) atoms. The van der Waals surface area contributed by atoms with Crippen LogP contribution in [0.4, 0.5) is 17.3 Å². The minimum Gasteiger partial charge on any atom is -0.418 e. The molecule has 0 radical (unpaired) electrons. The van der Waals surface area contributed by atoms with Crippen LogP contribution in [0.2, 0.25) is 0 Å². The second-order valence-electron chi connectivity index (χ2n) is 1.22. The Kier molecular flexibility index (Phi) is 18.1. The van der Waals surface area contributed by atoms with E-state index in [1.54, 1.807) is 6.07 Å². The summed E-state index contributed by atoms with van der Waals surface area (Å²) >= 11 is 0. The molecule has 0 aromatic heterocycles. The Bertz CT molecular complexity index is 91.2. The molecule has 0 saturated heterocycles. The van der Waals surface area contributed by atoms with E-state index in [1.807, 2.05) is 6.92 Å². The molecule has 0 saturated carbocycles. The third-order valence-corrected chi connectivity index (χ3v) is 0. The van der Waals surface area contributed by atoms with Crippen LogP contribution in [0.3, 0.4) is 0 Å². The van der Waals surface area contributed by atoms with Crippen LogP contribution >= 0.6 is 0 Å². The SMILES string of the molecule is CC#N.CC[NH3+].F[B-](F)(F)F. The molecule has 0 bridgehead atoms. The summed E-state index contributed by atoms with van der Waals surface area (Å²) in [7, 11) is -6.00. The summed E-state index contributed by atoms with van der Waals surface area (Å²) < 4.78 is 39.0. The molecule has 7 heteroatoms. The number of halogens is 4. The predicted molar refractivity (Wildman–Crippen MR) is 34.9 cm³/mol. The van der Waals surface area contributed by atoms with Crippen molar-refractivity contribution in [2.24, 2.45) is 0 Å². The average Bonchev–Trinajstić information content (AvgIpc) is 1.62. The second kappa shape index (κ2) is 12.0. The molecular weight excluding hydrogens is 163 g/mol. The van der Waals surface area contributed by atoms with Gasteiger partial charge in [0.25, 0.3) is 0 Å². The predicted octanol–water partition coefficient (Wildman–Crippen LogP) is 1.08. The highest BCUT2D eigenvalue weighted by Crippen LogP contribution is 2.06. The molecule has 0 fully saturated rings. The Hall–Kier alpha value is -0.765. The number of rotatable bonds is 0. The number of quaternary nitrogens is 1. The first-order valence-electron chi connectivity index (χ1n) is 2.80. The Morgan fingerprint density at radius 1 is 1.36 bits per heavy atom. The van der Waals surface area contributed by atoms with Crippen LogP contribution < -0.4 is 5.73 Å². The van der Waals surface area contributed by atoms with Crippen LogP contribution in [-0.2, 0) is 0 Å². The van der Waals surface area contributed by atoms with Crippen molar-refractivity contribution in [3.63, 3.8) is 0 Å². The fourth-order valence-electron chi connectivity index (χ4n) is 0. The van der Waals surface area contributed by atoms with E-state index in [0.717, 1.165) is 6.54 Å². The summed E-state index contributed by atoms with van der Waals surface area (Å²) in [5.41, 5.74) is 3.49. The largest absolute Gasteiger partial charge is 0.673 e. The Morgan fingerprint density at radius 3 is 1.36 bits per heavy atom. The second-order valence-corrected chi connectivity index (χ2v) is 1.22. The van der Waals surface area contributed by atoms with Gasteiger partial charge in [-0.1, -0.05) is 0 Å². The Labute approximate surface area is 63.1 Å². The summed E-state index contributed by atoms with van der Waals surface area (Å²) in [5, 5.41) is 7.32. The van der Waals surface area contributed by atoms with Gasteiger partial charge >= 0.3 is 7.25 Å². The fourth-order valence-corrected chi connectivity index (χ4v) is 0. The van der Waals surface area contributed by atoms with E-state index in [1.165, 1.54) is 6.92 Å². The first kappa shape index (κ1) is 16.7. The average molecular weight is 174 g/mol. The van der Waals surface area contributed by atoms with E-state index >= 15 is 0 Å². The summed E-state index contributed by atoms with van der Waals surface area (Å²) in [4.78, 5) is 0. The van der Waals surface area contributed by atoms with Crippen LogP contribution in [-0.4, -0.2) is 13.8 Å². The molecule has 0 atom stereocenters. The molecule has 0 rings (SSSR count). The van der Waals surface area contributed by atoms with E-state index < -0.39 is 7.25 Å². The number of hydrogen-bond donors (Lipinski definition) is 1. The standard InChI is InChI=1S/C2H7N.C2H3N.BF4/c2*1-2-3;2-1(3,4)5/h2-3H2,1H3;1H3;/q;;-1/p+1. The van der Waals surface area contributed by atoms with E-state index in [9.17, 15) is 17.3 Å². The van der Waals surface area contributed by atoms with Gasteiger partial charge in [-0.05, 0) is 6.92 Å². The molecular formula is C4H11BF4N2. The molecule has 2 nitrogen and oxygen atoms in total. The Morgan fingerprint density at radius 2 is 1.36 bits per heavy atom. The lowest BCUT2D eigenvalue weighted by Gasteiger charge is -1.94. The lowest BCUT2D eigenvalue weighted by molar-refractivity contribution is -0.361. The summed E-state index contributed by atoms with van der Waals surface area (Å²) in [6.07, 6.45) is 0. The highest BCUT2D eigenvalue weighted by atomic mass is 19.5. The van der Waals surface area contributed by atoms with Crippen molar-refractivity contribution in [3.05, 3.63) is 0 Å².